The van der Waals surface area contributed by atoms with E-state index in [0.29, 0.717) is 19.5 Å². The largest absolute Gasteiger partial charge is 0.349 e. The minimum atomic E-state index is -3.11. The Balaban J connectivity index is 1.26. The lowest BCUT2D eigenvalue weighted by molar-refractivity contribution is 0.0789. The predicted octanol–water partition coefficient (Wildman–Crippen LogP) is 2.48. The number of urea groups is 1. The second-order valence-electron chi connectivity index (χ2n) is 12.1. The zero-order valence-corrected chi connectivity index (χ0v) is 24.7. The SMILES string of the molecule is CC(C)n1c(=O)c(C(=O)NC2CC3CCC(C2)N3CCN(C(=O)N(C)C)C2CCS(=O)(=O)C2)cc2ccccc21. The van der Waals surface area contributed by atoms with Crippen molar-refractivity contribution in [2.45, 2.75) is 76.2 Å². The molecule has 2 aromatic rings. The highest BCUT2D eigenvalue weighted by atomic mass is 32.2. The van der Waals surface area contributed by atoms with Gasteiger partial charge in [0.25, 0.3) is 11.5 Å². The number of hydrogen-bond acceptors (Lipinski definition) is 6. The number of rotatable bonds is 7. The first-order valence-corrected chi connectivity index (χ1v) is 16.2. The van der Waals surface area contributed by atoms with Gasteiger partial charge in [-0.05, 0) is 63.5 Å². The Morgan fingerprint density at radius 1 is 1.07 bits per heavy atom. The van der Waals surface area contributed by atoms with Crippen LogP contribution in [-0.2, 0) is 9.84 Å². The summed E-state index contributed by atoms with van der Waals surface area (Å²) in [5.74, 6) is -0.168. The van der Waals surface area contributed by atoms with Crippen LogP contribution in [0, 0.1) is 0 Å². The van der Waals surface area contributed by atoms with E-state index in [1.54, 1.807) is 29.6 Å². The monoisotopic (exact) mass is 571 g/mol. The molecule has 3 aliphatic rings. The minimum Gasteiger partial charge on any atom is -0.349 e. The first kappa shape index (κ1) is 28.6. The maximum Gasteiger partial charge on any atom is 0.319 e. The number of nitrogens with one attached hydrogen (secondary N) is 1. The number of benzene rings is 1. The van der Waals surface area contributed by atoms with Gasteiger partial charge in [-0.25, -0.2) is 13.2 Å². The lowest BCUT2D eigenvalue weighted by Crippen LogP contribution is -2.54. The summed E-state index contributed by atoms with van der Waals surface area (Å²) in [6.07, 6.45) is 4.09. The van der Waals surface area contributed by atoms with E-state index in [2.05, 4.69) is 10.2 Å². The molecule has 10 nitrogen and oxygen atoms in total. The van der Waals surface area contributed by atoms with Gasteiger partial charge in [0, 0.05) is 57.4 Å². The molecule has 5 rings (SSSR count). The molecule has 218 valence electrons. The van der Waals surface area contributed by atoms with E-state index in [1.807, 2.05) is 38.1 Å². The molecule has 0 radical (unpaired) electrons. The first-order valence-electron chi connectivity index (χ1n) is 14.3. The molecule has 4 heterocycles. The molecule has 11 heteroatoms. The third-order valence-electron chi connectivity index (χ3n) is 8.80. The molecule has 1 aromatic heterocycles. The van der Waals surface area contributed by atoms with E-state index in [0.717, 1.165) is 36.6 Å². The Morgan fingerprint density at radius 3 is 2.35 bits per heavy atom. The smallest absolute Gasteiger partial charge is 0.319 e. The van der Waals surface area contributed by atoms with E-state index in [-0.39, 0.29) is 64.8 Å². The van der Waals surface area contributed by atoms with Gasteiger partial charge < -0.3 is 19.7 Å². The predicted molar refractivity (Wildman–Crippen MR) is 155 cm³/mol. The second kappa shape index (κ2) is 11.2. The Bertz CT molecular complexity index is 1440. The number of nitrogens with zero attached hydrogens (tertiary/aromatic N) is 4. The number of aromatic nitrogens is 1. The molecule has 3 atom stereocenters. The van der Waals surface area contributed by atoms with Crippen molar-refractivity contribution in [2.75, 3.05) is 38.7 Å². The van der Waals surface area contributed by atoms with Crippen molar-refractivity contribution in [3.63, 3.8) is 0 Å². The minimum absolute atomic E-state index is 0.0286. The van der Waals surface area contributed by atoms with Gasteiger partial charge in [-0.1, -0.05) is 18.2 Å². The van der Waals surface area contributed by atoms with Crippen LogP contribution in [0.3, 0.4) is 0 Å². The average molecular weight is 572 g/mol. The van der Waals surface area contributed by atoms with Crippen LogP contribution in [0.1, 0.15) is 62.4 Å². The van der Waals surface area contributed by atoms with Gasteiger partial charge in [0.2, 0.25) is 0 Å². The quantitative estimate of drug-likeness (QED) is 0.547. The first-order chi connectivity index (χ1) is 18.9. The van der Waals surface area contributed by atoms with Crippen molar-refractivity contribution in [1.82, 2.24) is 24.6 Å². The van der Waals surface area contributed by atoms with E-state index in [9.17, 15) is 22.8 Å². The molecule has 0 spiro atoms. The van der Waals surface area contributed by atoms with Crippen LogP contribution in [0.5, 0.6) is 0 Å². The summed E-state index contributed by atoms with van der Waals surface area (Å²) in [6, 6.07) is 9.35. The van der Waals surface area contributed by atoms with Gasteiger partial charge in [-0.15, -0.1) is 0 Å². The number of carbonyl (C=O) groups excluding carboxylic acids is 2. The van der Waals surface area contributed by atoms with Gasteiger partial charge in [0.05, 0.1) is 17.0 Å². The fourth-order valence-electron chi connectivity index (χ4n) is 6.92. The van der Waals surface area contributed by atoms with Crippen LogP contribution >= 0.6 is 0 Å². The molecule has 3 fully saturated rings. The van der Waals surface area contributed by atoms with Crippen molar-refractivity contribution in [1.29, 1.82) is 0 Å². The Labute approximate surface area is 236 Å². The van der Waals surface area contributed by atoms with E-state index in [1.165, 1.54) is 4.90 Å². The molecular formula is C29H41N5O5S. The molecule has 40 heavy (non-hydrogen) atoms. The molecule has 3 amide bonds. The summed E-state index contributed by atoms with van der Waals surface area (Å²) in [4.78, 5) is 45.3. The second-order valence-corrected chi connectivity index (χ2v) is 14.3. The van der Waals surface area contributed by atoms with Crippen molar-refractivity contribution in [3.05, 3.63) is 46.2 Å². The number of para-hydroxylation sites is 1. The molecule has 1 aromatic carbocycles. The lowest BCUT2D eigenvalue weighted by Gasteiger charge is -2.41. The zero-order valence-electron chi connectivity index (χ0n) is 23.9. The molecule has 3 aliphatic heterocycles. The average Bonchev–Trinajstić information content (AvgIpc) is 3.37. The summed E-state index contributed by atoms with van der Waals surface area (Å²) in [7, 11) is 0.286. The fraction of sp³-hybridized carbons (Fsp3) is 0.621. The molecule has 0 saturated carbocycles. The maximum absolute atomic E-state index is 13.4. The number of amides is 3. The molecule has 3 unspecified atom stereocenters. The van der Waals surface area contributed by atoms with Crippen molar-refractivity contribution in [3.8, 4) is 0 Å². The topological polar surface area (TPSA) is 112 Å². The fourth-order valence-corrected chi connectivity index (χ4v) is 8.65. The Morgan fingerprint density at radius 2 is 1.75 bits per heavy atom. The number of hydrogen-bond donors (Lipinski definition) is 1. The number of fused-ring (bicyclic) bond motifs is 3. The number of piperidine rings is 1. The van der Waals surface area contributed by atoms with E-state index < -0.39 is 9.84 Å². The highest BCUT2D eigenvalue weighted by molar-refractivity contribution is 7.91. The standard InChI is InChI=1S/C29H41N5O5S/c1-19(2)34-26-8-6-5-7-20(26)15-25(28(34)36)27(35)30-21-16-22-9-10-23(17-21)32(22)12-13-33(29(37)31(3)4)24-11-14-40(38,39)18-24/h5-8,15,19,21-24H,9-14,16-18H2,1-4H3,(H,30,35). The van der Waals surface area contributed by atoms with Crippen LogP contribution in [0.2, 0.25) is 0 Å². The molecule has 2 bridgehead atoms. The maximum atomic E-state index is 13.4. The highest BCUT2D eigenvalue weighted by Crippen LogP contribution is 2.36. The Hall–Kier alpha value is -2.92. The van der Waals surface area contributed by atoms with E-state index >= 15 is 0 Å². The summed E-state index contributed by atoms with van der Waals surface area (Å²) in [6.45, 7) is 5.05. The van der Waals surface area contributed by atoms with Crippen molar-refractivity contribution >= 4 is 32.7 Å². The molecule has 0 aliphatic carbocycles. The van der Waals surface area contributed by atoms with Crippen LogP contribution in [0.25, 0.3) is 10.9 Å². The van der Waals surface area contributed by atoms with Gasteiger partial charge in [-0.2, -0.15) is 0 Å². The van der Waals surface area contributed by atoms with E-state index in [4.69, 9.17) is 0 Å². The van der Waals surface area contributed by atoms with Crippen molar-refractivity contribution in [2.24, 2.45) is 0 Å². The third-order valence-corrected chi connectivity index (χ3v) is 10.6. The summed E-state index contributed by atoms with van der Waals surface area (Å²) in [5, 5.41) is 4.03. The van der Waals surface area contributed by atoms with Gasteiger partial charge in [-0.3, -0.25) is 14.5 Å². The van der Waals surface area contributed by atoms with Crippen LogP contribution < -0.4 is 10.9 Å². The van der Waals surface area contributed by atoms with Gasteiger partial charge in [0.1, 0.15) is 5.56 Å². The molecular weight excluding hydrogens is 530 g/mol. The molecule has 1 N–H and O–H groups in total. The zero-order chi connectivity index (χ0) is 28.8. The Kier molecular flexibility index (Phi) is 7.98. The van der Waals surface area contributed by atoms with Crippen LogP contribution in [-0.4, -0.2) is 102 Å². The highest BCUT2D eigenvalue weighted by Gasteiger charge is 2.42. The number of carbonyl (C=O) groups is 2. The third kappa shape index (κ3) is 5.63. The van der Waals surface area contributed by atoms with Crippen LogP contribution in [0.4, 0.5) is 4.79 Å². The number of pyridine rings is 1. The van der Waals surface area contributed by atoms with Gasteiger partial charge >= 0.3 is 6.03 Å². The van der Waals surface area contributed by atoms with Crippen molar-refractivity contribution < 1.29 is 18.0 Å². The summed E-state index contributed by atoms with van der Waals surface area (Å²) >= 11 is 0. The normalized spacial score (nSPS) is 25.8. The number of sulfone groups is 1. The summed E-state index contributed by atoms with van der Waals surface area (Å²) < 4.78 is 25.9. The lowest BCUT2D eigenvalue weighted by atomic mass is 9.96. The molecule has 3 saturated heterocycles. The van der Waals surface area contributed by atoms with Crippen LogP contribution in [0.15, 0.2) is 35.1 Å². The summed E-state index contributed by atoms with van der Waals surface area (Å²) in [5.41, 5.74) is 0.722. The van der Waals surface area contributed by atoms with Gasteiger partial charge in [0.15, 0.2) is 9.84 Å².